The first kappa shape index (κ1) is 19.6. The van der Waals surface area contributed by atoms with Crippen molar-refractivity contribution in [3.63, 3.8) is 0 Å². The molecule has 2 aromatic carbocycles. The highest BCUT2D eigenvalue weighted by molar-refractivity contribution is 7.13. The molecule has 1 aromatic heterocycles. The van der Waals surface area contributed by atoms with Crippen molar-refractivity contribution in [1.29, 1.82) is 0 Å². The molecule has 0 unspecified atom stereocenters. The molecular weight excluding hydrogens is 379 g/mol. The van der Waals surface area contributed by atoms with E-state index >= 15 is 0 Å². The molecule has 0 spiro atoms. The number of hydrogen-bond donors (Lipinski definition) is 2. The third-order valence-electron chi connectivity index (χ3n) is 3.85. The third-order valence-corrected chi connectivity index (χ3v) is 4.83. The predicted octanol–water partition coefficient (Wildman–Crippen LogP) is 3.81. The van der Waals surface area contributed by atoms with E-state index in [1.165, 1.54) is 23.5 Å². The largest absolute Gasteiger partial charge is 0.348 e. The fourth-order valence-electron chi connectivity index (χ4n) is 2.51. The number of aromatic nitrogens is 2. The summed E-state index contributed by atoms with van der Waals surface area (Å²) >= 11 is 1.26. The molecule has 1 heterocycles. The molecule has 0 saturated heterocycles. The van der Waals surface area contributed by atoms with Crippen LogP contribution in [0.5, 0.6) is 0 Å². The molecule has 0 radical (unpaired) electrons. The van der Waals surface area contributed by atoms with Crippen molar-refractivity contribution in [3.05, 3.63) is 75.5 Å². The van der Waals surface area contributed by atoms with Crippen LogP contribution in [0, 0.1) is 5.82 Å². The molecule has 0 atom stereocenters. The standard InChI is InChI=1S/C20H19FN4O2S/c1-2-5-17-24-25-20(28-17)19(27)23-16-9-4-7-14(11-16)18(26)22-12-13-6-3-8-15(21)10-13/h3-4,6-11H,2,5,12H2,1H3,(H,22,26)(H,23,27). The van der Waals surface area contributed by atoms with Gasteiger partial charge in [0.25, 0.3) is 11.8 Å². The monoisotopic (exact) mass is 398 g/mol. The number of carbonyl (C=O) groups excluding carboxylic acids is 2. The van der Waals surface area contributed by atoms with E-state index in [2.05, 4.69) is 20.8 Å². The Morgan fingerprint density at radius 3 is 2.68 bits per heavy atom. The number of aryl methyl sites for hydroxylation is 1. The molecule has 144 valence electrons. The number of amides is 2. The minimum absolute atomic E-state index is 0.207. The van der Waals surface area contributed by atoms with Gasteiger partial charge in [-0.05, 0) is 42.3 Å². The lowest BCUT2D eigenvalue weighted by molar-refractivity contribution is 0.0949. The highest BCUT2D eigenvalue weighted by Gasteiger charge is 2.14. The molecule has 0 bridgehead atoms. The van der Waals surface area contributed by atoms with Crippen molar-refractivity contribution >= 4 is 28.8 Å². The Kier molecular flexibility index (Phi) is 6.44. The number of halogens is 1. The zero-order chi connectivity index (χ0) is 19.9. The van der Waals surface area contributed by atoms with Crippen LogP contribution in [0.3, 0.4) is 0 Å². The van der Waals surface area contributed by atoms with Crippen molar-refractivity contribution in [3.8, 4) is 0 Å². The lowest BCUT2D eigenvalue weighted by atomic mass is 10.1. The van der Waals surface area contributed by atoms with E-state index in [1.54, 1.807) is 36.4 Å². The van der Waals surface area contributed by atoms with E-state index in [0.717, 1.165) is 17.8 Å². The van der Waals surface area contributed by atoms with Crippen LogP contribution in [0.25, 0.3) is 0 Å². The first-order valence-corrected chi connectivity index (χ1v) is 9.63. The Balaban J connectivity index is 1.62. The molecular formula is C20H19FN4O2S. The van der Waals surface area contributed by atoms with E-state index in [9.17, 15) is 14.0 Å². The summed E-state index contributed by atoms with van der Waals surface area (Å²) < 4.78 is 13.2. The number of rotatable bonds is 7. The molecule has 2 N–H and O–H groups in total. The van der Waals surface area contributed by atoms with Gasteiger partial charge in [-0.25, -0.2) is 4.39 Å². The maximum atomic E-state index is 13.2. The Labute approximate surface area is 165 Å². The van der Waals surface area contributed by atoms with Crippen molar-refractivity contribution in [1.82, 2.24) is 15.5 Å². The van der Waals surface area contributed by atoms with Gasteiger partial charge in [0.15, 0.2) is 0 Å². The Morgan fingerprint density at radius 2 is 1.89 bits per heavy atom. The van der Waals surface area contributed by atoms with Crippen molar-refractivity contribution < 1.29 is 14.0 Å². The van der Waals surface area contributed by atoms with Crippen LogP contribution in [0.15, 0.2) is 48.5 Å². The number of nitrogens with one attached hydrogen (secondary N) is 2. The molecule has 0 aliphatic heterocycles. The van der Waals surface area contributed by atoms with Crippen molar-refractivity contribution in [2.45, 2.75) is 26.3 Å². The Morgan fingerprint density at radius 1 is 1.07 bits per heavy atom. The smallest absolute Gasteiger partial charge is 0.286 e. The molecule has 8 heteroatoms. The maximum Gasteiger partial charge on any atom is 0.286 e. The molecule has 28 heavy (non-hydrogen) atoms. The van der Waals surface area contributed by atoms with E-state index < -0.39 is 0 Å². The first-order valence-electron chi connectivity index (χ1n) is 8.81. The summed E-state index contributed by atoms with van der Waals surface area (Å²) in [7, 11) is 0. The average molecular weight is 398 g/mol. The van der Waals surface area contributed by atoms with Crippen LogP contribution < -0.4 is 10.6 Å². The second-order valence-electron chi connectivity index (χ2n) is 6.10. The highest BCUT2D eigenvalue weighted by Crippen LogP contribution is 2.16. The molecule has 0 fully saturated rings. The van der Waals surface area contributed by atoms with Crippen LogP contribution >= 0.6 is 11.3 Å². The second kappa shape index (κ2) is 9.18. The fraction of sp³-hybridized carbons (Fsp3) is 0.200. The van der Waals surface area contributed by atoms with Gasteiger partial charge in [0.1, 0.15) is 10.8 Å². The lowest BCUT2D eigenvalue weighted by Gasteiger charge is -2.08. The Hall–Kier alpha value is -3.13. The van der Waals surface area contributed by atoms with Gasteiger partial charge in [0.05, 0.1) is 0 Å². The molecule has 2 amide bonds. The van der Waals surface area contributed by atoms with Gasteiger partial charge in [-0.2, -0.15) is 0 Å². The van der Waals surface area contributed by atoms with E-state index in [0.29, 0.717) is 16.8 Å². The fourth-order valence-corrected chi connectivity index (χ4v) is 3.35. The Bertz CT molecular complexity index is 990. The van der Waals surface area contributed by atoms with Gasteiger partial charge in [0.2, 0.25) is 5.01 Å². The van der Waals surface area contributed by atoms with Crippen molar-refractivity contribution in [2.24, 2.45) is 0 Å². The average Bonchev–Trinajstić information content (AvgIpc) is 3.15. The van der Waals surface area contributed by atoms with Crippen LogP contribution in [0.1, 0.15) is 44.1 Å². The van der Waals surface area contributed by atoms with Gasteiger partial charge in [0, 0.05) is 24.2 Å². The lowest BCUT2D eigenvalue weighted by Crippen LogP contribution is -2.23. The van der Waals surface area contributed by atoms with Crippen LogP contribution in [-0.2, 0) is 13.0 Å². The quantitative estimate of drug-likeness (QED) is 0.634. The SMILES string of the molecule is CCCc1nnc(C(=O)Nc2cccc(C(=O)NCc3cccc(F)c3)c2)s1. The summed E-state index contributed by atoms with van der Waals surface area (Å²) in [4.78, 5) is 24.7. The second-order valence-corrected chi connectivity index (χ2v) is 7.16. The molecule has 0 aliphatic carbocycles. The van der Waals surface area contributed by atoms with Crippen LogP contribution in [0.4, 0.5) is 10.1 Å². The number of carbonyl (C=O) groups is 2. The summed E-state index contributed by atoms with van der Waals surface area (Å²) in [6.07, 6.45) is 1.72. The van der Waals surface area contributed by atoms with Crippen LogP contribution in [-0.4, -0.2) is 22.0 Å². The summed E-state index contributed by atoms with van der Waals surface area (Å²) in [6.45, 7) is 2.24. The summed E-state index contributed by atoms with van der Waals surface area (Å²) in [6, 6.07) is 12.6. The zero-order valence-corrected chi connectivity index (χ0v) is 16.1. The minimum atomic E-state index is -0.364. The predicted molar refractivity (Wildman–Crippen MR) is 106 cm³/mol. The number of nitrogens with zero attached hydrogens (tertiary/aromatic N) is 2. The van der Waals surface area contributed by atoms with E-state index in [1.807, 2.05) is 6.92 Å². The number of anilines is 1. The maximum absolute atomic E-state index is 13.2. The first-order chi connectivity index (χ1) is 13.5. The molecule has 3 rings (SSSR count). The van der Waals surface area contributed by atoms with Gasteiger partial charge < -0.3 is 10.6 Å². The normalized spacial score (nSPS) is 10.5. The van der Waals surface area contributed by atoms with Gasteiger partial charge in [-0.3, -0.25) is 9.59 Å². The third kappa shape index (κ3) is 5.20. The summed E-state index contributed by atoms with van der Waals surface area (Å²) in [5.41, 5.74) is 1.53. The van der Waals surface area contributed by atoms with Gasteiger partial charge >= 0.3 is 0 Å². The minimum Gasteiger partial charge on any atom is -0.348 e. The highest BCUT2D eigenvalue weighted by atomic mass is 32.1. The van der Waals surface area contributed by atoms with Gasteiger partial charge in [-0.1, -0.05) is 36.5 Å². The van der Waals surface area contributed by atoms with Crippen LogP contribution in [0.2, 0.25) is 0 Å². The van der Waals surface area contributed by atoms with Crippen molar-refractivity contribution in [2.75, 3.05) is 5.32 Å². The summed E-state index contributed by atoms with van der Waals surface area (Å²) in [5.74, 6) is -1.03. The number of hydrogen-bond acceptors (Lipinski definition) is 5. The molecule has 3 aromatic rings. The molecule has 0 saturated carbocycles. The molecule has 0 aliphatic rings. The van der Waals surface area contributed by atoms with Gasteiger partial charge in [-0.15, -0.1) is 10.2 Å². The number of benzene rings is 2. The van der Waals surface area contributed by atoms with E-state index in [-0.39, 0.29) is 29.2 Å². The zero-order valence-electron chi connectivity index (χ0n) is 15.2. The summed E-state index contributed by atoms with van der Waals surface area (Å²) in [5, 5.41) is 14.5. The van der Waals surface area contributed by atoms with E-state index in [4.69, 9.17) is 0 Å². The topological polar surface area (TPSA) is 84.0 Å². The molecule has 6 nitrogen and oxygen atoms in total.